The van der Waals surface area contributed by atoms with E-state index >= 15 is 0 Å². The molecular weight excluding hydrogens is 224 g/mol. The number of morpholine rings is 1. The van der Waals surface area contributed by atoms with Crippen LogP contribution in [0, 0.1) is 0 Å². The van der Waals surface area contributed by atoms with Crippen LogP contribution in [0.5, 0.6) is 0 Å². The van der Waals surface area contributed by atoms with E-state index in [-0.39, 0.29) is 12.7 Å². The molecule has 90 valence electrons. The summed E-state index contributed by atoms with van der Waals surface area (Å²) in [5, 5.41) is 10.1. The number of aromatic nitrogens is 1. The molecule has 1 aliphatic rings. The lowest BCUT2D eigenvalue weighted by atomic mass is 10.1. The Morgan fingerprint density at radius 1 is 1.69 bits per heavy atom. The van der Waals surface area contributed by atoms with E-state index in [0.717, 1.165) is 29.6 Å². The molecule has 0 amide bonds. The van der Waals surface area contributed by atoms with Gasteiger partial charge in [0.1, 0.15) is 0 Å². The molecule has 2 atom stereocenters. The molecule has 1 fully saturated rings. The molecule has 0 aromatic carbocycles. The molecule has 16 heavy (non-hydrogen) atoms. The largest absolute Gasteiger partial charge is 0.391 e. The molecule has 4 nitrogen and oxygen atoms in total. The minimum atomic E-state index is 0.0777. The lowest BCUT2D eigenvalue weighted by Gasteiger charge is -2.38. The minimum absolute atomic E-state index is 0.0777. The fourth-order valence-corrected chi connectivity index (χ4v) is 2.77. The summed E-state index contributed by atoms with van der Waals surface area (Å²) in [4.78, 5) is 7.60. The molecule has 0 bridgehead atoms. The van der Waals surface area contributed by atoms with Gasteiger partial charge in [-0.15, -0.1) is 0 Å². The summed E-state index contributed by atoms with van der Waals surface area (Å²) in [5.74, 6) is 0. The highest BCUT2D eigenvalue weighted by Gasteiger charge is 2.27. The maximum Gasteiger partial charge on any atom is 0.186 e. The van der Waals surface area contributed by atoms with Crippen molar-refractivity contribution < 1.29 is 9.84 Å². The molecule has 1 aliphatic heterocycles. The Bertz CT molecular complexity index is 342. The van der Waals surface area contributed by atoms with Crippen molar-refractivity contribution in [2.75, 3.05) is 18.1 Å². The SMILES string of the molecule is CCC1COC(C)CN1c1ncc(CO)s1. The monoisotopic (exact) mass is 242 g/mol. The van der Waals surface area contributed by atoms with Crippen LogP contribution in [0.3, 0.4) is 0 Å². The number of anilines is 1. The van der Waals surface area contributed by atoms with Crippen molar-refractivity contribution >= 4 is 16.5 Å². The summed E-state index contributed by atoms with van der Waals surface area (Å²) < 4.78 is 5.65. The highest BCUT2D eigenvalue weighted by molar-refractivity contribution is 7.15. The van der Waals surface area contributed by atoms with Gasteiger partial charge in [0.2, 0.25) is 0 Å². The second-order valence-corrected chi connectivity index (χ2v) is 5.22. The summed E-state index contributed by atoms with van der Waals surface area (Å²) >= 11 is 1.57. The molecule has 1 saturated heterocycles. The summed E-state index contributed by atoms with van der Waals surface area (Å²) in [6.07, 6.45) is 3.07. The first kappa shape index (κ1) is 11.8. The molecule has 2 rings (SSSR count). The summed E-state index contributed by atoms with van der Waals surface area (Å²) in [6.45, 7) is 5.98. The maximum atomic E-state index is 9.05. The first-order chi connectivity index (χ1) is 7.74. The number of hydrogen-bond donors (Lipinski definition) is 1. The van der Waals surface area contributed by atoms with Gasteiger partial charge in [-0.1, -0.05) is 18.3 Å². The smallest absolute Gasteiger partial charge is 0.186 e. The lowest BCUT2D eigenvalue weighted by Crippen LogP contribution is -2.48. The van der Waals surface area contributed by atoms with Crippen LogP contribution < -0.4 is 4.90 Å². The maximum absolute atomic E-state index is 9.05. The first-order valence-electron chi connectivity index (χ1n) is 5.68. The summed E-state index contributed by atoms with van der Waals surface area (Å²) in [7, 11) is 0. The Morgan fingerprint density at radius 3 is 3.12 bits per heavy atom. The van der Waals surface area contributed by atoms with E-state index in [9.17, 15) is 0 Å². The van der Waals surface area contributed by atoms with Crippen LogP contribution in [-0.4, -0.2) is 35.4 Å². The van der Waals surface area contributed by atoms with Crippen LogP contribution in [0.1, 0.15) is 25.1 Å². The van der Waals surface area contributed by atoms with Gasteiger partial charge in [-0.3, -0.25) is 0 Å². The molecule has 1 N–H and O–H groups in total. The second-order valence-electron chi connectivity index (χ2n) is 4.13. The number of aliphatic hydroxyl groups excluding tert-OH is 1. The van der Waals surface area contributed by atoms with E-state index < -0.39 is 0 Å². The zero-order chi connectivity index (χ0) is 11.5. The summed E-state index contributed by atoms with van der Waals surface area (Å²) in [5.41, 5.74) is 0. The third-order valence-corrected chi connectivity index (χ3v) is 3.90. The molecule has 0 radical (unpaired) electrons. The molecule has 2 unspecified atom stereocenters. The van der Waals surface area contributed by atoms with Crippen molar-refractivity contribution in [1.29, 1.82) is 0 Å². The fraction of sp³-hybridized carbons (Fsp3) is 0.727. The van der Waals surface area contributed by atoms with E-state index in [1.165, 1.54) is 0 Å². The van der Waals surface area contributed by atoms with Gasteiger partial charge in [-0.05, 0) is 13.3 Å². The van der Waals surface area contributed by atoms with Gasteiger partial charge < -0.3 is 14.7 Å². The fourth-order valence-electron chi connectivity index (χ4n) is 1.92. The molecule has 5 heteroatoms. The lowest BCUT2D eigenvalue weighted by molar-refractivity contribution is 0.0299. The van der Waals surface area contributed by atoms with Crippen LogP contribution in [0.4, 0.5) is 5.13 Å². The first-order valence-corrected chi connectivity index (χ1v) is 6.50. The Morgan fingerprint density at radius 2 is 2.50 bits per heavy atom. The van der Waals surface area contributed by atoms with E-state index in [1.807, 2.05) is 0 Å². The molecule has 0 saturated carbocycles. The molecule has 1 aromatic heterocycles. The van der Waals surface area contributed by atoms with Crippen molar-refractivity contribution in [3.63, 3.8) is 0 Å². The Kier molecular flexibility index (Phi) is 3.78. The standard InChI is InChI=1S/C11H18N2O2S/c1-3-9-7-15-8(2)5-13(9)11-12-4-10(6-14)16-11/h4,8-9,14H,3,5-7H2,1-2H3. The summed E-state index contributed by atoms with van der Waals surface area (Å²) in [6, 6.07) is 0.411. The van der Waals surface area contributed by atoms with Crippen molar-refractivity contribution in [3.8, 4) is 0 Å². The topological polar surface area (TPSA) is 45.6 Å². The molecular formula is C11H18N2O2S. The highest BCUT2D eigenvalue weighted by Crippen LogP contribution is 2.27. The van der Waals surface area contributed by atoms with Crippen LogP contribution in [0.15, 0.2) is 6.20 Å². The Hall–Kier alpha value is -0.650. The van der Waals surface area contributed by atoms with E-state index in [1.54, 1.807) is 17.5 Å². The van der Waals surface area contributed by atoms with Gasteiger partial charge in [0.05, 0.1) is 30.2 Å². The zero-order valence-corrected chi connectivity index (χ0v) is 10.5. The predicted octanol–water partition coefficient (Wildman–Crippen LogP) is 1.64. The number of ether oxygens (including phenoxy) is 1. The number of hydrogen-bond acceptors (Lipinski definition) is 5. The quantitative estimate of drug-likeness (QED) is 0.875. The highest BCUT2D eigenvalue weighted by atomic mass is 32.1. The van der Waals surface area contributed by atoms with E-state index in [4.69, 9.17) is 9.84 Å². The zero-order valence-electron chi connectivity index (χ0n) is 9.72. The van der Waals surface area contributed by atoms with Gasteiger partial charge in [0.15, 0.2) is 5.13 Å². The number of rotatable bonds is 3. The normalized spacial score (nSPS) is 26.1. The van der Waals surface area contributed by atoms with Gasteiger partial charge in [0.25, 0.3) is 0 Å². The van der Waals surface area contributed by atoms with Gasteiger partial charge in [-0.2, -0.15) is 0 Å². The van der Waals surface area contributed by atoms with Crippen molar-refractivity contribution in [2.45, 2.75) is 39.0 Å². The minimum Gasteiger partial charge on any atom is -0.391 e. The Labute approximate surface area is 99.9 Å². The van der Waals surface area contributed by atoms with Crippen molar-refractivity contribution in [2.24, 2.45) is 0 Å². The average Bonchev–Trinajstić information content (AvgIpc) is 2.77. The van der Waals surface area contributed by atoms with Gasteiger partial charge in [0, 0.05) is 12.7 Å². The van der Waals surface area contributed by atoms with Crippen molar-refractivity contribution in [3.05, 3.63) is 11.1 Å². The third-order valence-electron chi connectivity index (χ3n) is 2.88. The van der Waals surface area contributed by atoms with Crippen LogP contribution >= 0.6 is 11.3 Å². The van der Waals surface area contributed by atoms with E-state index in [2.05, 4.69) is 23.7 Å². The Balaban J connectivity index is 2.15. The molecule has 0 aliphatic carbocycles. The second kappa shape index (κ2) is 5.12. The average molecular weight is 242 g/mol. The van der Waals surface area contributed by atoms with Crippen LogP contribution in [0.25, 0.3) is 0 Å². The van der Waals surface area contributed by atoms with Crippen molar-refractivity contribution in [1.82, 2.24) is 4.98 Å². The third kappa shape index (κ3) is 2.36. The number of aliphatic hydroxyl groups is 1. The molecule has 1 aromatic rings. The van der Waals surface area contributed by atoms with Crippen LogP contribution in [0.2, 0.25) is 0 Å². The van der Waals surface area contributed by atoms with Crippen LogP contribution in [-0.2, 0) is 11.3 Å². The van der Waals surface area contributed by atoms with E-state index in [0.29, 0.717) is 6.04 Å². The molecule has 2 heterocycles. The molecule has 0 spiro atoms. The number of thiazole rings is 1. The van der Waals surface area contributed by atoms with Gasteiger partial charge >= 0.3 is 0 Å². The predicted molar refractivity (Wildman–Crippen MR) is 64.9 cm³/mol. The number of nitrogens with zero attached hydrogens (tertiary/aromatic N) is 2. The van der Waals surface area contributed by atoms with Gasteiger partial charge in [-0.25, -0.2) is 4.98 Å².